The normalized spacial score (nSPS) is 19.2. The van der Waals surface area contributed by atoms with E-state index in [0.717, 1.165) is 12.8 Å². The Kier molecular flexibility index (Phi) is 2.10. The van der Waals surface area contributed by atoms with Crippen LogP contribution in [0.3, 0.4) is 0 Å². The van der Waals surface area contributed by atoms with Gasteiger partial charge in [-0.25, -0.2) is 4.39 Å². The van der Waals surface area contributed by atoms with Gasteiger partial charge in [0.1, 0.15) is 5.83 Å². The quantitative estimate of drug-likeness (QED) is 0.595. The maximum Gasteiger partial charge on any atom is 0.123 e. The van der Waals surface area contributed by atoms with Crippen LogP contribution < -0.4 is 5.73 Å². The van der Waals surface area contributed by atoms with Crippen LogP contribution in [0.2, 0.25) is 0 Å². The van der Waals surface area contributed by atoms with Crippen LogP contribution in [0.4, 0.5) is 4.39 Å². The third-order valence-electron chi connectivity index (χ3n) is 1.79. The summed E-state index contributed by atoms with van der Waals surface area (Å²) in [5, 5.41) is 0. The fourth-order valence-corrected chi connectivity index (χ4v) is 1.06. The standard InChI is InChI=1S/C8H12FN/c1-2-6-3-4-7(9)8(10)5-6/h5H,2-4,10H2,1H3. The predicted molar refractivity (Wildman–Crippen MR) is 39.9 cm³/mol. The summed E-state index contributed by atoms with van der Waals surface area (Å²) < 4.78 is 12.6. The number of hydrogen-bond donors (Lipinski definition) is 1. The van der Waals surface area contributed by atoms with Gasteiger partial charge in [-0.15, -0.1) is 0 Å². The lowest BCUT2D eigenvalue weighted by atomic mass is 10.0. The maximum atomic E-state index is 12.6. The molecular formula is C8H12FN. The highest BCUT2D eigenvalue weighted by molar-refractivity contribution is 5.27. The van der Waals surface area contributed by atoms with Gasteiger partial charge in [0.2, 0.25) is 0 Å². The minimum atomic E-state index is -0.155. The van der Waals surface area contributed by atoms with E-state index in [9.17, 15) is 4.39 Å². The van der Waals surface area contributed by atoms with Crippen molar-refractivity contribution in [3.63, 3.8) is 0 Å². The molecule has 0 fully saturated rings. The van der Waals surface area contributed by atoms with Crippen molar-refractivity contribution < 1.29 is 4.39 Å². The molecule has 0 heterocycles. The summed E-state index contributed by atoms with van der Waals surface area (Å²) in [4.78, 5) is 0. The lowest BCUT2D eigenvalue weighted by Gasteiger charge is -2.10. The van der Waals surface area contributed by atoms with E-state index in [1.807, 2.05) is 0 Å². The predicted octanol–water partition coefficient (Wildman–Crippen LogP) is 2.26. The fourth-order valence-electron chi connectivity index (χ4n) is 1.06. The van der Waals surface area contributed by atoms with Gasteiger partial charge in [0, 0.05) is 6.42 Å². The molecule has 0 aromatic heterocycles. The second-order valence-electron chi connectivity index (χ2n) is 2.52. The second kappa shape index (κ2) is 2.86. The molecule has 2 heteroatoms. The molecule has 1 aliphatic carbocycles. The smallest absolute Gasteiger partial charge is 0.123 e. The van der Waals surface area contributed by atoms with E-state index in [1.165, 1.54) is 5.57 Å². The van der Waals surface area contributed by atoms with Gasteiger partial charge >= 0.3 is 0 Å². The van der Waals surface area contributed by atoms with Gasteiger partial charge in [-0.2, -0.15) is 0 Å². The van der Waals surface area contributed by atoms with Gasteiger partial charge in [-0.3, -0.25) is 0 Å². The summed E-state index contributed by atoms with van der Waals surface area (Å²) in [7, 11) is 0. The largest absolute Gasteiger partial charge is 0.397 e. The van der Waals surface area contributed by atoms with E-state index in [2.05, 4.69) is 6.92 Å². The summed E-state index contributed by atoms with van der Waals surface area (Å²) >= 11 is 0. The molecule has 0 saturated heterocycles. The van der Waals surface area contributed by atoms with Crippen LogP contribution in [0.1, 0.15) is 26.2 Å². The molecular weight excluding hydrogens is 129 g/mol. The zero-order chi connectivity index (χ0) is 7.56. The molecule has 1 nitrogen and oxygen atoms in total. The third-order valence-corrected chi connectivity index (χ3v) is 1.79. The Morgan fingerprint density at radius 1 is 1.60 bits per heavy atom. The Bertz CT molecular complexity index is 191. The zero-order valence-corrected chi connectivity index (χ0v) is 6.15. The highest BCUT2D eigenvalue weighted by Gasteiger charge is 2.08. The minimum Gasteiger partial charge on any atom is -0.397 e. The molecule has 0 unspecified atom stereocenters. The molecule has 1 rings (SSSR count). The van der Waals surface area contributed by atoms with Crippen LogP contribution >= 0.6 is 0 Å². The van der Waals surface area contributed by atoms with Crippen LogP contribution in [0, 0.1) is 0 Å². The summed E-state index contributed by atoms with van der Waals surface area (Å²) in [6, 6.07) is 0. The average Bonchev–Trinajstić information content (AvgIpc) is 1.95. The van der Waals surface area contributed by atoms with Crippen molar-refractivity contribution in [2.75, 3.05) is 0 Å². The number of halogens is 1. The molecule has 0 atom stereocenters. The summed E-state index contributed by atoms with van der Waals surface area (Å²) in [5.41, 5.74) is 6.94. The van der Waals surface area contributed by atoms with E-state index in [4.69, 9.17) is 5.73 Å². The zero-order valence-electron chi connectivity index (χ0n) is 6.15. The Hall–Kier alpha value is -0.790. The summed E-state index contributed by atoms with van der Waals surface area (Å²) in [6.45, 7) is 2.06. The Morgan fingerprint density at radius 2 is 2.30 bits per heavy atom. The maximum absolute atomic E-state index is 12.6. The Morgan fingerprint density at radius 3 is 2.80 bits per heavy atom. The number of hydrogen-bond acceptors (Lipinski definition) is 1. The molecule has 0 aromatic carbocycles. The third kappa shape index (κ3) is 1.38. The molecule has 1 aliphatic rings. The van der Waals surface area contributed by atoms with E-state index >= 15 is 0 Å². The van der Waals surface area contributed by atoms with Crippen LogP contribution in [0.5, 0.6) is 0 Å². The number of allylic oxidation sites excluding steroid dienone is 3. The van der Waals surface area contributed by atoms with Crippen LogP contribution in [-0.4, -0.2) is 0 Å². The molecule has 0 amide bonds. The highest BCUT2D eigenvalue weighted by Crippen LogP contribution is 2.23. The lowest BCUT2D eigenvalue weighted by molar-refractivity contribution is 0.567. The SMILES string of the molecule is CCC1=CC(N)=C(F)CC1. The number of nitrogens with two attached hydrogens (primary N) is 1. The minimum absolute atomic E-state index is 0.155. The van der Waals surface area contributed by atoms with Crippen LogP contribution in [0.25, 0.3) is 0 Å². The second-order valence-corrected chi connectivity index (χ2v) is 2.52. The van der Waals surface area contributed by atoms with Gasteiger partial charge < -0.3 is 5.73 Å². The van der Waals surface area contributed by atoms with Crippen LogP contribution in [0.15, 0.2) is 23.2 Å². The fraction of sp³-hybridized carbons (Fsp3) is 0.500. The van der Waals surface area contributed by atoms with Gasteiger partial charge in [0.05, 0.1) is 5.70 Å². The highest BCUT2D eigenvalue weighted by atomic mass is 19.1. The van der Waals surface area contributed by atoms with Crippen molar-refractivity contribution in [2.24, 2.45) is 5.73 Å². The van der Waals surface area contributed by atoms with Crippen molar-refractivity contribution in [3.05, 3.63) is 23.2 Å². The first-order chi connectivity index (χ1) is 4.74. The average molecular weight is 141 g/mol. The first-order valence-corrected chi connectivity index (χ1v) is 3.57. The van der Waals surface area contributed by atoms with E-state index in [0.29, 0.717) is 12.1 Å². The Balaban J connectivity index is 2.76. The molecule has 10 heavy (non-hydrogen) atoms. The molecule has 2 N–H and O–H groups in total. The van der Waals surface area contributed by atoms with Crippen molar-refractivity contribution in [1.29, 1.82) is 0 Å². The van der Waals surface area contributed by atoms with E-state index in [-0.39, 0.29) is 5.83 Å². The van der Waals surface area contributed by atoms with Crippen molar-refractivity contribution in [2.45, 2.75) is 26.2 Å². The summed E-state index contributed by atoms with van der Waals surface area (Å²) in [5.74, 6) is -0.155. The van der Waals surface area contributed by atoms with Gasteiger partial charge in [-0.1, -0.05) is 12.5 Å². The molecule has 0 aromatic rings. The number of rotatable bonds is 1. The van der Waals surface area contributed by atoms with Crippen molar-refractivity contribution in [3.8, 4) is 0 Å². The van der Waals surface area contributed by atoms with E-state index < -0.39 is 0 Å². The molecule has 0 radical (unpaired) electrons. The van der Waals surface area contributed by atoms with Gasteiger partial charge in [0.15, 0.2) is 0 Å². The Labute approximate surface area is 60.4 Å². The summed E-state index contributed by atoms with van der Waals surface area (Å²) in [6.07, 6.45) is 4.06. The van der Waals surface area contributed by atoms with Crippen molar-refractivity contribution >= 4 is 0 Å². The van der Waals surface area contributed by atoms with E-state index in [1.54, 1.807) is 6.08 Å². The molecule has 0 saturated carbocycles. The monoisotopic (exact) mass is 141 g/mol. The van der Waals surface area contributed by atoms with Gasteiger partial charge in [0.25, 0.3) is 0 Å². The molecule has 0 bridgehead atoms. The van der Waals surface area contributed by atoms with Gasteiger partial charge in [-0.05, 0) is 18.9 Å². The first-order valence-electron chi connectivity index (χ1n) is 3.57. The first kappa shape index (κ1) is 7.32. The van der Waals surface area contributed by atoms with Crippen LogP contribution in [-0.2, 0) is 0 Å². The topological polar surface area (TPSA) is 26.0 Å². The molecule has 56 valence electrons. The lowest BCUT2D eigenvalue weighted by Crippen LogP contribution is -2.03. The molecule has 0 aliphatic heterocycles. The molecule has 0 spiro atoms. The van der Waals surface area contributed by atoms with Crippen molar-refractivity contribution in [1.82, 2.24) is 0 Å².